The highest BCUT2D eigenvalue weighted by Gasteiger charge is 2.21. The van der Waals surface area contributed by atoms with Crippen molar-refractivity contribution in [2.45, 2.75) is 6.54 Å². The molecule has 0 fully saturated rings. The number of halogens is 1. The molecule has 1 N–H and O–H groups in total. The van der Waals surface area contributed by atoms with E-state index in [0.717, 1.165) is 16.5 Å². The minimum Gasteiger partial charge on any atom is -0.454 e. The molecule has 0 aliphatic heterocycles. The van der Waals surface area contributed by atoms with Crippen LogP contribution < -0.4 is 0 Å². The molecule has 0 aliphatic carbocycles. The average molecular weight is 352 g/mol. The summed E-state index contributed by atoms with van der Waals surface area (Å²) in [4.78, 5) is 4.08. The second kappa shape index (κ2) is 6.45. The fourth-order valence-electron chi connectivity index (χ4n) is 2.86. The van der Waals surface area contributed by atoms with Crippen LogP contribution in [-0.2, 0) is 6.54 Å². The van der Waals surface area contributed by atoms with Crippen LogP contribution in [0.1, 0.15) is 16.9 Å². The van der Waals surface area contributed by atoms with Gasteiger partial charge in [0.15, 0.2) is 11.5 Å². The van der Waals surface area contributed by atoms with Gasteiger partial charge in [0.2, 0.25) is 0 Å². The van der Waals surface area contributed by atoms with Gasteiger partial charge in [0.05, 0.1) is 12.9 Å². The Hall–Kier alpha value is -3.05. The van der Waals surface area contributed by atoms with E-state index in [-0.39, 0.29) is 0 Å². The molecular weight excluding hydrogens is 338 g/mol. The zero-order valence-electron chi connectivity index (χ0n) is 13.1. The highest BCUT2D eigenvalue weighted by Crippen LogP contribution is 2.31. The van der Waals surface area contributed by atoms with E-state index in [9.17, 15) is 5.21 Å². The van der Waals surface area contributed by atoms with Crippen molar-refractivity contribution in [2.75, 3.05) is 0 Å². The minimum atomic E-state index is 0.378. The third-order valence-corrected chi connectivity index (χ3v) is 4.25. The van der Waals surface area contributed by atoms with Crippen molar-refractivity contribution < 1.29 is 9.62 Å². The van der Waals surface area contributed by atoms with E-state index in [1.807, 2.05) is 53.2 Å². The number of nitrogens with zero attached hydrogens (tertiary/aromatic N) is 3. The molecule has 2 aromatic carbocycles. The smallest absolute Gasteiger partial charge is 0.162 e. The maximum absolute atomic E-state index is 9.65. The van der Waals surface area contributed by atoms with Gasteiger partial charge in [-0.3, -0.25) is 0 Å². The Morgan fingerprint density at radius 3 is 2.76 bits per heavy atom. The molecule has 0 bridgehead atoms. The topological polar surface area (TPSA) is 63.6 Å². The predicted octanol–water partition coefficient (Wildman–Crippen LogP) is 4.56. The van der Waals surface area contributed by atoms with Crippen LogP contribution in [0.2, 0.25) is 5.02 Å². The molecule has 6 heteroatoms. The fourth-order valence-corrected chi connectivity index (χ4v) is 3.03. The largest absolute Gasteiger partial charge is 0.454 e. The molecule has 5 nitrogen and oxygen atoms in total. The lowest BCUT2D eigenvalue weighted by molar-refractivity contribution is 0.318. The van der Waals surface area contributed by atoms with E-state index in [4.69, 9.17) is 16.0 Å². The van der Waals surface area contributed by atoms with Crippen molar-refractivity contribution in [3.63, 3.8) is 0 Å². The molecule has 2 aromatic heterocycles. The highest BCUT2D eigenvalue weighted by molar-refractivity contribution is 6.31. The highest BCUT2D eigenvalue weighted by atomic mass is 35.5. The summed E-state index contributed by atoms with van der Waals surface area (Å²) >= 11 is 6.17. The van der Waals surface area contributed by atoms with Gasteiger partial charge < -0.3 is 14.2 Å². The number of fused-ring (bicyclic) bond motifs is 1. The molecule has 0 unspecified atom stereocenters. The van der Waals surface area contributed by atoms with Crippen LogP contribution in [0.25, 0.3) is 11.0 Å². The second-order valence-electron chi connectivity index (χ2n) is 5.60. The van der Waals surface area contributed by atoms with Gasteiger partial charge in [-0.15, -0.1) is 0 Å². The third-order valence-electron chi connectivity index (χ3n) is 4.02. The van der Waals surface area contributed by atoms with Gasteiger partial charge in [0, 0.05) is 33.9 Å². The lowest BCUT2D eigenvalue weighted by Crippen LogP contribution is -2.07. The lowest BCUT2D eigenvalue weighted by atomic mass is 10.0. The number of aromatic nitrogens is 2. The molecule has 25 heavy (non-hydrogen) atoms. The number of benzene rings is 2. The van der Waals surface area contributed by atoms with E-state index < -0.39 is 0 Å². The second-order valence-corrected chi connectivity index (χ2v) is 6.04. The first-order chi connectivity index (χ1) is 12.3. The van der Waals surface area contributed by atoms with E-state index in [1.165, 1.54) is 0 Å². The van der Waals surface area contributed by atoms with Gasteiger partial charge in [0.1, 0.15) is 5.58 Å². The quantitative estimate of drug-likeness (QED) is 0.333. The Labute approximate surface area is 148 Å². The fraction of sp³-hybridized carbons (Fsp3) is 0.0526. The Balaban J connectivity index is 1.93. The third kappa shape index (κ3) is 2.90. The van der Waals surface area contributed by atoms with Gasteiger partial charge in [-0.2, -0.15) is 0 Å². The summed E-state index contributed by atoms with van der Waals surface area (Å²) in [6, 6.07) is 14.9. The first-order valence-electron chi connectivity index (χ1n) is 7.71. The van der Waals surface area contributed by atoms with Crippen LogP contribution in [0.15, 0.2) is 76.8 Å². The normalized spacial score (nSPS) is 12.0. The maximum atomic E-state index is 9.65. The Kier molecular flexibility index (Phi) is 3.99. The maximum Gasteiger partial charge on any atom is 0.162 e. The van der Waals surface area contributed by atoms with Crippen LogP contribution in [-0.4, -0.2) is 20.5 Å². The zero-order chi connectivity index (χ0) is 17.2. The molecule has 0 amide bonds. The average Bonchev–Trinajstić information content (AvgIpc) is 3.26. The van der Waals surface area contributed by atoms with Gasteiger partial charge in [0.25, 0.3) is 0 Å². The summed E-state index contributed by atoms with van der Waals surface area (Å²) in [7, 11) is 0. The molecule has 4 rings (SSSR count). The first-order valence-corrected chi connectivity index (χ1v) is 8.08. The van der Waals surface area contributed by atoms with E-state index in [2.05, 4.69) is 10.1 Å². The molecule has 0 spiro atoms. The molecule has 4 aromatic rings. The Morgan fingerprint density at radius 2 is 2.04 bits per heavy atom. The molecule has 0 saturated heterocycles. The van der Waals surface area contributed by atoms with Crippen molar-refractivity contribution in [3.05, 3.63) is 89.2 Å². The predicted molar refractivity (Wildman–Crippen MR) is 96.4 cm³/mol. The summed E-state index contributed by atoms with van der Waals surface area (Å²) in [5.74, 6) is 0.514. The minimum absolute atomic E-state index is 0.378. The number of hydrogen-bond donors (Lipinski definition) is 1. The van der Waals surface area contributed by atoms with E-state index >= 15 is 0 Å². The summed E-state index contributed by atoms with van der Waals surface area (Å²) in [5, 5.41) is 14.6. The summed E-state index contributed by atoms with van der Waals surface area (Å²) in [6.07, 6.45) is 5.31. The van der Waals surface area contributed by atoms with Crippen LogP contribution in [0.3, 0.4) is 0 Å². The van der Waals surface area contributed by atoms with Gasteiger partial charge >= 0.3 is 0 Å². The van der Waals surface area contributed by atoms with Crippen molar-refractivity contribution in [2.24, 2.45) is 5.16 Å². The van der Waals surface area contributed by atoms with Crippen LogP contribution in [0, 0.1) is 0 Å². The van der Waals surface area contributed by atoms with Crippen LogP contribution in [0.5, 0.6) is 0 Å². The van der Waals surface area contributed by atoms with Crippen molar-refractivity contribution in [1.82, 2.24) is 9.55 Å². The molecule has 2 heterocycles. The summed E-state index contributed by atoms with van der Waals surface area (Å²) in [5.41, 5.74) is 2.71. The summed E-state index contributed by atoms with van der Waals surface area (Å²) in [6.45, 7) is 0.522. The Bertz CT molecular complexity index is 1040. The SMILES string of the molecule is O/N=C(\c1ccccc1)c1oc2ccc(Cl)cc2c1Cn1ccnc1. The molecule has 0 aliphatic rings. The monoisotopic (exact) mass is 351 g/mol. The number of rotatable bonds is 4. The molecule has 124 valence electrons. The lowest BCUT2D eigenvalue weighted by Gasteiger charge is -2.06. The molecule has 0 atom stereocenters. The van der Waals surface area contributed by atoms with Crippen LogP contribution >= 0.6 is 11.6 Å². The van der Waals surface area contributed by atoms with Crippen molar-refractivity contribution >= 4 is 28.3 Å². The number of oxime groups is 1. The Morgan fingerprint density at radius 1 is 1.20 bits per heavy atom. The zero-order valence-corrected chi connectivity index (χ0v) is 13.9. The van der Waals surface area contributed by atoms with Gasteiger partial charge in [-0.25, -0.2) is 4.98 Å². The van der Waals surface area contributed by atoms with Crippen LogP contribution in [0.4, 0.5) is 0 Å². The number of imidazole rings is 1. The van der Waals surface area contributed by atoms with Crippen molar-refractivity contribution in [3.8, 4) is 0 Å². The molecule has 0 saturated carbocycles. The molecular formula is C19H14ClN3O2. The number of furan rings is 1. The standard InChI is InChI=1S/C19H14ClN3O2/c20-14-6-7-17-15(10-14)16(11-23-9-8-21-12-23)19(25-17)18(22-24)13-4-2-1-3-5-13/h1-10,12,24H,11H2/b22-18+. The molecule has 0 radical (unpaired) electrons. The van der Waals surface area contributed by atoms with E-state index in [1.54, 1.807) is 18.6 Å². The summed E-state index contributed by atoms with van der Waals surface area (Å²) < 4.78 is 7.95. The van der Waals surface area contributed by atoms with Gasteiger partial charge in [-0.05, 0) is 18.2 Å². The van der Waals surface area contributed by atoms with Gasteiger partial charge in [-0.1, -0.05) is 47.1 Å². The first kappa shape index (κ1) is 15.5. The van der Waals surface area contributed by atoms with E-state index in [0.29, 0.717) is 28.6 Å². The number of hydrogen-bond acceptors (Lipinski definition) is 4. The van der Waals surface area contributed by atoms with Crippen molar-refractivity contribution in [1.29, 1.82) is 0 Å².